The molecule has 0 amide bonds. The maximum Gasteiger partial charge on any atom is 0.0208 e. The Balaban J connectivity index is 1.87. The molecule has 2 heteroatoms. The SMILES string of the molecule is CC1CCCC(NCc2ccc(I)cc2)C1C. The summed E-state index contributed by atoms with van der Waals surface area (Å²) in [7, 11) is 0. The van der Waals surface area contributed by atoms with Crippen LogP contribution < -0.4 is 5.32 Å². The Morgan fingerprint density at radius 2 is 1.88 bits per heavy atom. The van der Waals surface area contributed by atoms with Crippen molar-refractivity contribution in [1.82, 2.24) is 5.32 Å². The van der Waals surface area contributed by atoms with Gasteiger partial charge < -0.3 is 5.32 Å². The summed E-state index contributed by atoms with van der Waals surface area (Å²) in [6, 6.07) is 9.53. The van der Waals surface area contributed by atoms with Crippen molar-refractivity contribution in [3.63, 3.8) is 0 Å². The van der Waals surface area contributed by atoms with Gasteiger partial charge in [0.15, 0.2) is 0 Å². The average molecular weight is 343 g/mol. The van der Waals surface area contributed by atoms with Gasteiger partial charge in [0.05, 0.1) is 0 Å². The molecule has 0 radical (unpaired) electrons. The average Bonchev–Trinajstić information content (AvgIpc) is 2.33. The molecule has 0 saturated heterocycles. The topological polar surface area (TPSA) is 12.0 Å². The van der Waals surface area contributed by atoms with E-state index in [0.717, 1.165) is 18.4 Å². The van der Waals surface area contributed by atoms with Gasteiger partial charge in [-0.25, -0.2) is 0 Å². The molecule has 1 aliphatic carbocycles. The van der Waals surface area contributed by atoms with Crippen LogP contribution in [0.1, 0.15) is 38.7 Å². The number of rotatable bonds is 3. The summed E-state index contributed by atoms with van der Waals surface area (Å²) < 4.78 is 1.31. The minimum atomic E-state index is 0.707. The Morgan fingerprint density at radius 3 is 2.59 bits per heavy atom. The molecule has 1 saturated carbocycles. The number of hydrogen-bond donors (Lipinski definition) is 1. The number of nitrogens with one attached hydrogen (secondary N) is 1. The lowest BCUT2D eigenvalue weighted by molar-refractivity contribution is 0.206. The van der Waals surface area contributed by atoms with Crippen LogP contribution in [0, 0.1) is 15.4 Å². The second kappa shape index (κ2) is 6.19. The predicted molar refractivity (Wildman–Crippen MR) is 82.0 cm³/mol. The zero-order valence-electron chi connectivity index (χ0n) is 10.7. The van der Waals surface area contributed by atoms with Gasteiger partial charge in [-0.2, -0.15) is 0 Å². The molecule has 0 spiro atoms. The van der Waals surface area contributed by atoms with Crippen molar-refractivity contribution < 1.29 is 0 Å². The van der Waals surface area contributed by atoms with Crippen molar-refractivity contribution in [2.45, 2.75) is 45.7 Å². The maximum absolute atomic E-state index is 3.74. The minimum Gasteiger partial charge on any atom is -0.310 e. The molecule has 0 aromatic heterocycles. The molecule has 3 atom stereocenters. The van der Waals surface area contributed by atoms with E-state index in [0.29, 0.717) is 6.04 Å². The molecular formula is C15H22IN. The van der Waals surface area contributed by atoms with Gasteiger partial charge in [-0.3, -0.25) is 0 Å². The Labute approximate surface area is 119 Å². The van der Waals surface area contributed by atoms with E-state index in [-0.39, 0.29) is 0 Å². The standard InChI is InChI=1S/C15H22IN/c1-11-4-3-5-15(12(11)2)17-10-13-6-8-14(16)9-7-13/h6-9,11-12,15,17H,3-5,10H2,1-2H3. The normalized spacial score (nSPS) is 29.2. The van der Waals surface area contributed by atoms with Gasteiger partial charge in [0.25, 0.3) is 0 Å². The molecule has 1 nitrogen and oxygen atoms in total. The first kappa shape index (κ1) is 13.3. The quantitative estimate of drug-likeness (QED) is 0.811. The van der Waals surface area contributed by atoms with Crippen molar-refractivity contribution in [2.24, 2.45) is 11.8 Å². The van der Waals surface area contributed by atoms with Gasteiger partial charge in [-0.15, -0.1) is 0 Å². The lowest BCUT2D eigenvalue weighted by atomic mass is 9.78. The summed E-state index contributed by atoms with van der Waals surface area (Å²) in [5.74, 6) is 1.69. The number of hydrogen-bond acceptors (Lipinski definition) is 1. The molecule has 3 unspecified atom stereocenters. The van der Waals surface area contributed by atoms with Crippen LogP contribution in [-0.4, -0.2) is 6.04 Å². The monoisotopic (exact) mass is 343 g/mol. The summed E-state index contributed by atoms with van der Waals surface area (Å²) in [5.41, 5.74) is 1.40. The van der Waals surface area contributed by atoms with E-state index in [1.54, 1.807) is 0 Å². The van der Waals surface area contributed by atoms with Crippen LogP contribution in [0.5, 0.6) is 0 Å². The molecular weight excluding hydrogens is 321 g/mol. The van der Waals surface area contributed by atoms with E-state index in [4.69, 9.17) is 0 Å². The second-order valence-electron chi connectivity index (χ2n) is 5.38. The fourth-order valence-corrected chi connectivity index (χ4v) is 3.08. The third kappa shape index (κ3) is 3.68. The van der Waals surface area contributed by atoms with Crippen LogP contribution in [0.4, 0.5) is 0 Å². The van der Waals surface area contributed by atoms with Gasteiger partial charge in [0.1, 0.15) is 0 Å². The minimum absolute atomic E-state index is 0.707. The molecule has 0 heterocycles. The summed E-state index contributed by atoms with van der Waals surface area (Å²) >= 11 is 2.35. The Hall–Kier alpha value is -0.0900. The zero-order valence-corrected chi connectivity index (χ0v) is 12.9. The molecule has 1 N–H and O–H groups in total. The zero-order chi connectivity index (χ0) is 12.3. The van der Waals surface area contributed by atoms with Gasteiger partial charge in [0.2, 0.25) is 0 Å². The van der Waals surface area contributed by atoms with E-state index < -0.39 is 0 Å². The number of halogens is 1. The highest BCUT2D eigenvalue weighted by molar-refractivity contribution is 14.1. The molecule has 17 heavy (non-hydrogen) atoms. The largest absolute Gasteiger partial charge is 0.310 e. The first-order valence-corrected chi connectivity index (χ1v) is 7.72. The Morgan fingerprint density at radius 1 is 1.18 bits per heavy atom. The molecule has 0 bridgehead atoms. The van der Waals surface area contributed by atoms with E-state index >= 15 is 0 Å². The van der Waals surface area contributed by atoms with Crippen LogP contribution >= 0.6 is 22.6 Å². The lowest BCUT2D eigenvalue weighted by Crippen LogP contribution is -2.40. The highest BCUT2D eigenvalue weighted by Gasteiger charge is 2.26. The molecule has 1 aromatic rings. The first-order chi connectivity index (χ1) is 8.16. The molecule has 2 rings (SSSR count). The van der Waals surface area contributed by atoms with Crippen molar-refractivity contribution in [2.75, 3.05) is 0 Å². The van der Waals surface area contributed by atoms with Gasteiger partial charge in [0, 0.05) is 16.2 Å². The van der Waals surface area contributed by atoms with Gasteiger partial charge in [-0.05, 0) is 58.5 Å². The summed E-state index contributed by atoms with van der Waals surface area (Å²) in [5, 5.41) is 3.74. The second-order valence-corrected chi connectivity index (χ2v) is 6.63. The fraction of sp³-hybridized carbons (Fsp3) is 0.600. The van der Waals surface area contributed by atoms with E-state index in [2.05, 4.69) is 66.0 Å². The molecule has 0 aliphatic heterocycles. The highest BCUT2D eigenvalue weighted by Crippen LogP contribution is 2.29. The van der Waals surface area contributed by atoms with E-state index in [1.807, 2.05) is 0 Å². The van der Waals surface area contributed by atoms with E-state index in [9.17, 15) is 0 Å². The van der Waals surface area contributed by atoms with Crippen molar-refractivity contribution in [3.8, 4) is 0 Å². The molecule has 1 aliphatic rings. The fourth-order valence-electron chi connectivity index (χ4n) is 2.72. The number of benzene rings is 1. The molecule has 1 fully saturated rings. The van der Waals surface area contributed by atoms with Gasteiger partial charge in [-0.1, -0.05) is 38.8 Å². The van der Waals surface area contributed by atoms with Crippen molar-refractivity contribution in [3.05, 3.63) is 33.4 Å². The van der Waals surface area contributed by atoms with Crippen LogP contribution in [0.2, 0.25) is 0 Å². The smallest absolute Gasteiger partial charge is 0.0208 e. The molecule has 94 valence electrons. The maximum atomic E-state index is 3.74. The van der Waals surface area contributed by atoms with Crippen LogP contribution in [0.3, 0.4) is 0 Å². The lowest BCUT2D eigenvalue weighted by Gasteiger charge is -2.34. The van der Waals surface area contributed by atoms with Crippen LogP contribution in [0.25, 0.3) is 0 Å². The summed E-state index contributed by atoms with van der Waals surface area (Å²) in [6.45, 7) is 5.80. The van der Waals surface area contributed by atoms with Crippen LogP contribution in [0.15, 0.2) is 24.3 Å². The van der Waals surface area contributed by atoms with Crippen LogP contribution in [-0.2, 0) is 6.54 Å². The summed E-state index contributed by atoms with van der Waals surface area (Å²) in [4.78, 5) is 0. The van der Waals surface area contributed by atoms with Crippen molar-refractivity contribution >= 4 is 22.6 Å². The third-order valence-electron chi connectivity index (χ3n) is 4.19. The van der Waals surface area contributed by atoms with Crippen molar-refractivity contribution in [1.29, 1.82) is 0 Å². The third-order valence-corrected chi connectivity index (χ3v) is 4.91. The summed E-state index contributed by atoms with van der Waals surface area (Å²) in [6.07, 6.45) is 4.13. The molecule has 1 aromatic carbocycles. The van der Waals surface area contributed by atoms with Gasteiger partial charge >= 0.3 is 0 Å². The van der Waals surface area contributed by atoms with E-state index in [1.165, 1.54) is 28.4 Å². The first-order valence-electron chi connectivity index (χ1n) is 6.64. The Bertz CT molecular complexity index is 346. The predicted octanol–water partition coefficient (Wildman–Crippen LogP) is 4.21. The Kier molecular flexibility index (Phi) is 4.86. The highest BCUT2D eigenvalue weighted by atomic mass is 127.